The molecule has 0 atom stereocenters. The monoisotopic (exact) mass is 451 g/mol. The third-order valence-electron chi connectivity index (χ3n) is 5.33. The van der Waals surface area contributed by atoms with E-state index in [-0.39, 0.29) is 5.82 Å². The first kappa shape index (κ1) is 22.5. The third kappa shape index (κ3) is 5.05. The number of alkyl halides is 3. The first-order valence-corrected chi connectivity index (χ1v) is 10.6. The maximum absolute atomic E-state index is 12.9. The molecule has 0 aliphatic rings. The minimum atomic E-state index is -4.47. The summed E-state index contributed by atoms with van der Waals surface area (Å²) in [5.74, 6) is 1.98. The SMILES string of the molecule is CC(C)c1ccccc1-c1nccc(NCc2ccc(-c3nc(C(F)(F)F)cn3C)cc2)n1. The molecule has 0 unspecified atom stereocenters. The molecule has 33 heavy (non-hydrogen) atoms. The quantitative estimate of drug-likeness (QED) is 0.374. The van der Waals surface area contributed by atoms with Crippen molar-refractivity contribution in [3.8, 4) is 22.8 Å². The summed E-state index contributed by atoms with van der Waals surface area (Å²) in [6.45, 7) is 4.79. The van der Waals surface area contributed by atoms with Crippen molar-refractivity contribution in [3.63, 3.8) is 0 Å². The molecule has 2 aromatic carbocycles. The molecular weight excluding hydrogens is 427 g/mol. The van der Waals surface area contributed by atoms with Gasteiger partial charge in [-0.2, -0.15) is 13.2 Å². The maximum Gasteiger partial charge on any atom is 0.434 e. The van der Waals surface area contributed by atoms with Crippen LogP contribution < -0.4 is 5.32 Å². The second-order valence-electron chi connectivity index (χ2n) is 8.12. The summed E-state index contributed by atoms with van der Waals surface area (Å²) in [6.07, 6.45) is -1.74. The molecule has 0 aliphatic heterocycles. The summed E-state index contributed by atoms with van der Waals surface area (Å²) in [5, 5.41) is 3.29. The lowest BCUT2D eigenvalue weighted by molar-refractivity contribution is -0.140. The second kappa shape index (κ2) is 9.05. The van der Waals surface area contributed by atoms with Crippen molar-refractivity contribution in [1.29, 1.82) is 0 Å². The standard InChI is InChI=1S/C25H24F3N5/c1-16(2)19-6-4-5-7-20(19)23-29-13-12-22(32-23)30-14-17-8-10-18(11-9-17)24-31-21(15-33(24)3)25(26,27)28/h4-13,15-16H,14H2,1-3H3,(H,29,30,32). The number of nitrogens with zero attached hydrogens (tertiary/aromatic N) is 4. The van der Waals surface area contributed by atoms with Gasteiger partial charge in [0.05, 0.1) is 0 Å². The zero-order valence-corrected chi connectivity index (χ0v) is 18.6. The summed E-state index contributed by atoms with van der Waals surface area (Å²) < 4.78 is 40.2. The van der Waals surface area contributed by atoms with Crippen molar-refractivity contribution in [2.75, 3.05) is 5.32 Å². The summed E-state index contributed by atoms with van der Waals surface area (Å²) >= 11 is 0. The van der Waals surface area contributed by atoms with Gasteiger partial charge in [-0.3, -0.25) is 0 Å². The van der Waals surface area contributed by atoms with Crippen molar-refractivity contribution in [2.24, 2.45) is 7.05 Å². The number of benzene rings is 2. The molecule has 0 bridgehead atoms. The van der Waals surface area contributed by atoms with Crippen molar-refractivity contribution in [2.45, 2.75) is 32.5 Å². The molecular formula is C25H24F3N5. The van der Waals surface area contributed by atoms with Gasteiger partial charge in [0.15, 0.2) is 11.5 Å². The molecule has 8 heteroatoms. The Hall–Kier alpha value is -3.68. The van der Waals surface area contributed by atoms with E-state index < -0.39 is 11.9 Å². The third-order valence-corrected chi connectivity index (χ3v) is 5.33. The van der Waals surface area contributed by atoms with E-state index in [2.05, 4.69) is 40.2 Å². The number of nitrogens with one attached hydrogen (secondary N) is 1. The van der Waals surface area contributed by atoms with Crippen LogP contribution in [0.1, 0.15) is 36.6 Å². The van der Waals surface area contributed by atoms with E-state index in [1.807, 2.05) is 36.4 Å². The van der Waals surface area contributed by atoms with Crippen LogP contribution in [0, 0.1) is 0 Å². The lowest BCUT2D eigenvalue weighted by Crippen LogP contribution is -2.05. The Morgan fingerprint density at radius 2 is 1.70 bits per heavy atom. The fourth-order valence-corrected chi connectivity index (χ4v) is 3.63. The molecule has 0 spiro atoms. The van der Waals surface area contributed by atoms with E-state index in [1.54, 1.807) is 25.4 Å². The van der Waals surface area contributed by atoms with Crippen LogP contribution in [0.4, 0.5) is 19.0 Å². The fraction of sp³-hybridized carbons (Fsp3) is 0.240. The van der Waals surface area contributed by atoms with Crippen LogP contribution >= 0.6 is 0 Å². The molecule has 2 aromatic heterocycles. The maximum atomic E-state index is 12.9. The molecule has 0 fully saturated rings. The topological polar surface area (TPSA) is 55.6 Å². The zero-order chi connectivity index (χ0) is 23.6. The van der Waals surface area contributed by atoms with E-state index in [0.717, 1.165) is 17.3 Å². The lowest BCUT2D eigenvalue weighted by Gasteiger charge is -2.12. The Labute approximate surface area is 190 Å². The fourth-order valence-electron chi connectivity index (χ4n) is 3.63. The highest BCUT2D eigenvalue weighted by atomic mass is 19.4. The minimum absolute atomic E-state index is 0.270. The minimum Gasteiger partial charge on any atom is -0.366 e. The van der Waals surface area contributed by atoms with Crippen molar-refractivity contribution in [1.82, 2.24) is 19.5 Å². The molecule has 170 valence electrons. The van der Waals surface area contributed by atoms with Crippen LogP contribution in [-0.4, -0.2) is 19.5 Å². The molecule has 4 aromatic rings. The molecule has 0 radical (unpaired) electrons. The number of aromatic nitrogens is 4. The first-order chi connectivity index (χ1) is 15.7. The number of rotatable bonds is 6. The smallest absolute Gasteiger partial charge is 0.366 e. The van der Waals surface area contributed by atoms with Gasteiger partial charge in [-0.1, -0.05) is 62.4 Å². The molecule has 2 heterocycles. The molecule has 5 nitrogen and oxygen atoms in total. The normalized spacial score (nSPS) is 11.7. The van der Waals surface area contributed by atoms with Crippen molar-refractivity contribution in [3.05, 3.63) is 83.8 Å². The highest BCUT2D eigenvalue weighted by Crippen LogP contribution is 2.31. The zero-order valence-electron chi connectivity index (χ0n) is 18.6. The molecule has 0 saturated carbocycles. The van der Waals surface area contributed by atoms with Crippen LogP contribution in [-0.2, 0) is 19.8 Å². The Bertz CT molecular complexity index is 1240. The predicted molar refractivity (Wildman–Crippen MR) is 123 cm³/mol. The number of imidazole rings is 1. The largest absolute Gasteiger partial charge is 0.434 e. The van der Waals surface area contributed by atoms with E-state index >= 15 is 0 Å². The highest BCUT2D eigenvalue weighted by Gasteiger charge is 2.34. The Morgan fingerprint density at radius 1 is 0.970 bits per heavy atom. The van der Waals surface area contributed by atoms with Crippen molar-refractivity contribution >= 4 is 5.82 Å². The van der Waals surface area contributed by atoms with Crippen LogP contribution in [0.3, 0.4) is 0 Å². The van der Waals surface area contributed by atoms with E-state index in [0.29, 0.717) is 29.7 Å². The van der Waals surface area contributed by atoms with Crippen LogP contribution in [0.15, 0.2) is 67.0 Å². The average molecular weight is 451 g/mol. The Balaban J connectivity index is 1.48. The number of halogens is 3. The number of anilines is 1. The predicted octanol–water partition coefficient (Wildman–Crippen LogP) is 6.30. The highest BCUT2D eigenvalue weighted by molar-refractivity contribution is 5.62. The van der Waals surface area contributed by atoms with Gasteiger partial charge in [0.25, 0.3) is 0 Å². The summed E-state index contributed by atoms with van der Waals surface area (Å²) in [4.78, 5) is 12.8. The number of hydrogen-bond acceptors (Lipinski definition) is 4. The van der Waals surface area contributed by atoms with Gasteiger partial charge < -0.3 is 9.88 Å². The van der Waals surface area contributed by atoms with Crippen LogP contribution in [0.2, 0.25) is 0 Å². The van der Waals surface area contributed by atoms with Gasteiger partial charge in [-0.05, 0) is 23.1 Å². The first-order valence-electron chi connectivity index (χ1n) is 10.6. The summed E-state index contributed by atoms with van der Waals surface area (Å²) in [6, 6.07) is 17.2. The number of aryl methyl sites for hydroxylation is 1. The van der Waals surface area contributed by atoms with E-state index in [4.69, 9.17) is 0 Å². The molecule has 0 amide bonds. The van der Waals surface area contributed by atoms with Gasteiger partial charge in [0, 0.05) is 37.1 Å². The molecule has 4 rings (SSSR count). The summed E-state index contributed by atoms with van der Waals surface area (Å²) in [5.41, 5.74) is 2.88. The lowest BCUT2D eigenvalue weighted by atomic mass is 9.97. The molecule has 0 aliphatic carbocycles. The van der Waals surface area contributed by atoms with Crippen LogP contribution in [0.25, 0.3) is 22.8 Å². The summed E-state index contributed by atoms with van der Waals surface area (Å²) in [7, 11) is 1.55. The van der Waals surface area contributed by atoms with E-state index in [9.17, 15) is 13.2 Å². The molecule has 0 saturated heterocycles. The Kier molecular flexibility index (Phi) is 6.18. The van der Waals surface area contributed by atoms with Crippen molar-refractivity contribution < 1.29 is 13.2 Å². The Morgan fingerprint density at radius 3 is 2.36 bits per heavy atom. The second-order valence-corrected chi connectivity index (χ2v) is 8.12. The average Bonchev–Trinajstić information content (AvgIpc) is 3.20. The van der Waals surface area contributed by atoms with Gasteiger partial charge in [-0.15, -0.1) is 0 Å². The van der Waals surface area contributed by atoms with E-state index in [1.165, 1.54) is 10.1 Å². The van der Waals surface area contributed by atoms with Gasteiger partial charge in [0.1, 0.15) is 11.6 Å². The van der Waals surface area contributed by atoms with Gasteiger partial charge in [-0.25, -0.2) is 15.0 Å². The van der Waals surface area contributed by atoms with Gasteiger partial charge in [0.2, 0.25) is 0 Å². The number of hydrogen-bond donors (Lipinski definition) is 1. The molecule has 1 N–H and O–H groups in total. The van der Waals surface area contributed by atoms with Crippen LogP contribution in [0.5, 0.6) is 0 Å². The van der Waals surface area contributed by atoms with Gasteiger partial charge >= 0.3 is 6.18 Å².